The van der Waals surface area contributed by atoms with Gasteiger partial charge in [-0.2, -0.15) is 15.8 Å². The summed E-state index contributed by atoms with van der Waals surface area (Å²) in [5.74, 6) is 0. The van der Waals surface area contributed by atoms with E-state index < -0.39 is 0 Å². The summed E-state index contributed by atoms with van der Waals surface area (Å²) in [6.07, 6.45) is 0. The fourth-order valence-corrected chi connectivity index (χ4v) is 8.09. The lowest BCUT2D eigenvalue weighted by Gasteiger charge is -2.19. The predicted molar refractivity (Wildman–Crippen MR) is 208 cm³/mol. The fourth-order valence-electron chi connectivity index (χ4n) is 8.09. The second-order valence-electron chi connectivity index (χ2n) is 12.9. The number of nitrogens with zero attached hydrogens (tertiary/aromatic N) is 6. The Morgan fingerprint density at radius 2 is 1.13 bits per heavy atom. The van der Waals surface area contributed by atoms with Gasteiger partial charge in [0, 0.05) is 38.2 Å². The second kappa shape index (κ2) is 11.2. The standard InChI is InChI=1S/C46H22N6O/c1-50-36-23-42(52-38-14-6-2-10-29(38)30-11-3-7-15-39(30)52)44(35(26-49)34(36)25-48)27-18-20-37(28(22-27)24-47)51-40-16-8-4-13-33(40)45-41(51)21-19-32-31-12-5-9-17-43(31)53-46(32)45/h2-23H. The molecule has 7 nitrogen and oxygen atoms in total. The third kappa shape index (κ3) is 4.05. The number of aromatic nitrogens is 2. The molecule has 0 spiro atoms. The van der Waals surface area contributed by atoms with E-state index in [9.17, 15) is 15.8 Å². The molecule has 10 aromatic rings. The predicted octanol–water partition coefficient (Wildman–Crippen LogP) is 11.6. The van der Waals surface area contributed by atoms with Crippen molar-refractivity contribution in [3.63, 3.8) is 0 Å². The smallest absolute Gasteiger partial charge is 0.208 e. The monoisotopic (exact) mass is 674 g/mol. The van der Waals surface area contributed by atoms with Crippen LogP contribution in [0.2, 0.25) is 0 Å². The Balaban J connectivity index is 1.28. The summed E-state index contributed by atoms with van der Waals surface area (Å²) in [4.78, 5) is 3.69. The Kier molecular flexibility index (Phi) is 6.30. The van der Waals surface area contributed by atoms with Gasteiger partial charge in [0.05, 0.1) is 68.5 Å². The van der Waals surface area contributed by atoms with Crippen LogP contribution >= 0.6 is 0 Å². The second-order valence-corrected chi connectivity index (χ2v) is 12.9. The molecule has 10 rings (SSSR count). The van der Waals surface area contributed by atoms with Gasteiger partial charge in [-0.3, -0.25) is 0 Å². The SMILES string of the molecule is [C-]#[N+]c1cc(-n2c3ccccc3c3ccccc32)c(-c2ccc(-n3c4ccccc4c4c5oc6ccccc6c5ccc43)c(C#N)c2)c(C#N)c1C#N. The highest BCUT2D eigenvalue weighted by Gasteiger charge is 2.25. The van der Waals surface area contributed by atoms with Gasteiger partial charge in [-0.15, -0.1) is 0 Å². The summed E-state index contributed by atoms with van der Waals surface area (Å²) in [6.45, 7) is 7.97. The normalized spacial score (nSPS) is 11.3. The summed E-state index contributed by atoms with van der Waals surface area (Å²) in [6, 6.07) is 50.3. The Morgan fingerprint density at radius 3 is 1.79 bits per heavy atom. The van der Waals surface area contributed by atoms with Crippen molar-refractivity contribution >= 4 is 71.2 Å². The third-order valence-corrected chi connectivity index (χ3v) is 10.3. The molecule has 3 aromatic heterocycles. The molecule has 0 aliphatic rings. The maximum Gasteiger partial charge on any atom is 0.208 e. The molecule has 0 amide bonds. The van der Waals surface area contributed by atoms with E-state index in [2.05, 4.69) is 51.9 Å². The molecule has 0 radical (unpaired) electrons. The Labute approximate surface area is 302 Å². The number of fused-ring (bicyclic) bond motifs is 10. The maximum atomic E-state index is 10.8. The molecule has 0 N–H and O–H groups in total. The van der Waals surface area contributed by atoms with E-state index in [0.29, 0.717) is 28.1 Å². The summed E-state index contributed by atoms with van der Waals surface area (Å²) in [5, 5.41) is 37.8. The molecule has 7 aromatic carbocycles. The lowest BCUT2D eigenvalue weighted by Crippen LogP contribution is -2.03. The quantitative estimate of drug-likeness (QED) is 0.174. The molecule has 0 bridgehead atoms. The van der Waals surface area contributed by atoms with Crippen molar-refractivity contribution in [3.05, 3.63) is 162 Å². The van der Waals surface area contributed by atoms with Crippen LogP contribution in [-0.2, 0) is 0 Å². The summed E-state index contributed by atoms with van der Waals surface area (Å²) >= 11 is 0. The van der Waals surface area contributed by atoms with Crippen molar-refractivity contribution < 1.29 is 4.42 Å². The van der Waals surface area contributed by atoms with Crippen molar-refractivity contribution in [3.8, 4) is 40.7 Å². The van der Waals surface area contributed by atoms with Crippen LogP contribution in [0.5, 0.6) is 0 Å². The zero-order valence-corrected chi connectivity index (χ0v) is 27.8. The minimum Gasteiger partial charge on any atom is -0.455 e. The molecule has 53 heavy (non-hydrogen) atoms. The average molecular weight is 675 g/mol. The van der Waals surface area contributed by atoms with Crippen LogP contribution in [-0.4, -0.2) is 9.13 Å². The molecule has 0 aliphatic heterocycles. The molecule has 0 saturated heterocycles. The van der Waals surface area contributed by atoms with E-state index in [4.69, 9.17) is 11.0 Å². The van der Waals surface area contributed by atoms with Gasteiger partial charge in [0.25, 0.3) is 0 Å². The highest BCUT2D eigenvalue weighted by atomic mass is 16.3. The third-order valence-electron chi connectivity index (χ3n) is 10.3. The summed E-state index contributed by atoms with van der Waals surface area (Å²) < 4.78 is 10.6. The number of furan rings is 1. The van der Waals surface area contributed by atoms with E-state index in [1.165, 1.54) is 0 Å². The molecule has 3 heterocycles. The largest absolute Gasteiger partial charge is 0.455 e. The highest BCUT2D eigenvalue weighted by molar-refractivity contribution is 6.24. The Morgan fingerprint density at radius 1 is 0.528 bits per heavy atom. The van der Waals surface area contributed by atoms with Crippen LogP contribution in [0.1, 0.15) is 16.7 Å². The molecule has 0 aliphatic carbocycles. The first kappa shape index (κ1) is 29.8. The van der Waals surface area contributed by atoms with Gasteiger partial charge in [-0.25, -0.2) is 4.85 Å². The van der Waals surface area contributed by atoms with Crippen LogP contribution in [0.25, 0.3) is 92.9 Å². The van der Waals surface area contributed by atoms with E-state index in [0.717, 1.165) is 65.6 Å². The minimum absolute atomic E-state index is 0.00171. The molecule has 0 unspecified atom stereocenters. The van der Waals surface area contributed by atoms with Gasteiger partial charge in [0.1, 0.15) is 17.2 Å². The van der Waals surface area contributed by atoms with Gasteiger partial charge in [0.15, 0.2) is 0 Å². The van der Waals surface area contributed by atoms with Crippen molar-refractivity contribution in [2.45, 2.75) is 0 Å². The number of nitriles is 3. The van der Waals surface area contributed by atoms with Crippen molar-refractivity contribution in [2.75, 3.05) is 0 Å². The molecule has 0 saturated carbocycles. The minimum atomic E-state index is 0.00171. The lowest BCUT2D eigenvalue weighted by atomic mass is 9.91. The molecule has 0 atom stereocenters. The molecule has 7 heteroatoms. The first-order valence-electron chi connectivity index (χ1n) is 16.9. The first-order chi connectivity index (χ1) is 26.1. The molecule has 0 fully saturated rings. The number of para-hydroxylation sites is 4. The van der Waals surface area contributed by atoms with E-state index in [1.54, 1.807) is 12.1 Å². The molecular formula is C46H22N6O. The van der Waals surface area contributed by atoms with Crippen LogP contribution in [0.15, 0.2) is 138 Å². The number of hydrogen-bond donors (Lipinski definition) is 0. The van der Waals surface area contributed by atoms with Gasteiger partial charge < -0.3 is 13.6 Å². The Hall–Kier alpha value is -8.10. The number of benzene rings is 7. The van der Waals surface area contributed by atoms with Gasteiger partial charge >= 0.3 is 0 Å². The van der Waals surface area contributed by atoms with Gasteiger partial charge in [0.2, 0.25) is 5.69 Å². The van der Waals surface area contributed by atoms with E-state index in [-0.39, 0.29) is 16.8 Å². The number of hydrogen-bond acceptors (Lipinski definition) is 4. The van der Waals surface area contributed by atoms with Crippen molar-refractivity contribution in [2.24, 2.45) is 0 Å². The van der Waals surface area contributed by atoms with Crippen molar-refractivity contribution in [1.82, 2.24) is 9.13 Å². The number of rotatable bonds is 3. The average Bonchev–Trinajstić information content (AvgIpc) is 3.87. The van der Waals surface area contributed by atoms with E-state index >= 15 is 0 Å². The lowest BCUT2D eigenvalue weighted by molar-refractivity contribution is 0.673. The zero-order chi connectivity index (χ0) is 35.8. The fraction of sp³-hybridized carbons (Fsp3) is 0. The van der Waals surface area contributed by atoms with Crippen LogP contribution in [0.4, 0.5) is 5.69 Å². The van der Waals surface area contributed by atoms with Crippen LogP contribution in [0, 0.1) is 40.6 Å². The molecular weight excluding hydrogens is 653 g/mol. The van der Waals surface area contributed by atoms with E-state index in [1.807, 2.05) is 102 Å². The molecule has 242 valence electrons. The summed E-state index contributed by atoms with van der Waals surface area (Å²) in [5.41, 5.74) is 7.99. The van der Waals surface area contributed by atoms with Crippen LogP contribution < -0.4 is 0 Å². The van der Waals surface area contributed by atoms with Crippen LogP contribution in [0.3, 0.4) is 0 Å². The maximum absolute atomic E-state index is 10.8. The first-order valence-corrected chi connectivity index (χ1v) is 16.9. The topological polar surface area (TPSA) is 98.7 Å². The van der Waals surface area contributed by atoms with Gasteiger partial charge in [-0.05, 0) is 60.2 Å². The van der Waals surface area contributed by atoms with Crippen molar-refractivity contribution in [1.29, 1.82) is 15.8 Å². The zero-order valence-electron chi connectivity index (χ0n) is 27.8. The highest BCUT2D eigenvalue weighted by Crippen LogP contribution is 2.44. The van der Waals surface area contributed by atoms with Gasteiger partial charge in [-0.1, -0.05) is 78.9 Å². The summed E-state index contributed by atoms with van der Waals surface area (Å²) in [7, 11) is 0. The Bertz CT molecular complexity index is 3350.